The van der Waals surface area contributed by atoms with Crippen molar-refractivity contribution in [3.8, 4) is 0 Å². The van der Waals surface area contributed by atoms with Crippen LogP contribution in [0.1, 0.15) is 30.5 Å². The normalized spacial score (nSPS) is 16.7. The van der Waals surface area contributed by atoms with Crippen molar-refractivity contribution in [1.29, 1.82) is 0 Å². The molecule has 3 rings (SSSR count). The van der Waals surface area contributed by atoms with Crippen molar-refractivity contribution in [2.75, 3.05) is 0 Å². The number of halogens is 1. The summed E-state index contributed by atoms with van der Waals surface area (Å²) in [6.45, 7) is 0. The molecular formula is C12H11FN2O2S. The third kappa shape index (κ3) is 2.48. The van der Waals surface area contributed by atoms with Crippen LogP contribution in [0.2, 0.25) is 0 Å². The molecule has 0 bridgehead atoms. The molecule has 1 heterocycles. The van der Waals surface area contributed by atoms with E-state index >= 15 is 0 Å². The Bertz CT molecular complexity index is 578. The largest absolute Gasteiger partial charge is 0.338 e. The monoisotopic (exact) mass is 266 g/mol. The molecule has 0 saturated heterocycles. The molecule has 2 aromatic rings. The highest BCUT2D eigenvalue weighted by Crippen LogP contribution is 2.38. The van der Waals surface area contributed by atoms with Crippen molar-refractivity contribution in [3.05, 3.63) is 41.8 Å². The lowest BCUT2D eigenvalue weighted by atomic mass is 10.4. The van der Waals surface area contributed by atoms with Crippen LogP contribution in [0.5, 0.6) is 0 Å². The zero-order valence-electron chi connectivity index (χ0n) is 9.51. The van der Waals surface area contributed by atoms with Crippen LogP contribution in [0.3, 0.4) is 0 Å². The van der Waals surface area contributed by atoms with E-state index in [9.17, 15) is 8.60 Å². The van der Waals surface area contributed by atoms with Crippen LogP contribution in [0.4, 0.5) is 4.39 Å². The highest BCUT2D eigenvalue weighted by Gasteiger charge is 2.29. The fourth-order valence-electron chi connectivity index (χ4n) is 1.62. The van der Waals surface area contributed by atoms with Gasteiger partial charge in [-0.2, -0.15) is 4.98 Å². The van der Waals surface area contributed by atoms with E-state index in [0.717, 1.165) is 12.8 Å². The third-order valence-electron chi connectivity index (χ3n) is 2.76. The average Bonchev–Trinajstić information content (AvgIpc) is 3.11. The molecule has 0 N–H and O–H groups in total. The molecule has 1 aromatic carbocycles. The van der Waals surface area contributed by atoms with Crippen LogP contribution >= 0.6 is 0 Å². The van der Waals surface area contributed by atoms with E-state index in [-0.39, 0.29) is 11.6 Å². The van der Waals surface area contributed by atoms with E-state index in [0.29, 0.717) is 22.5 Å². The highest BCUT2D eigenvalue weighted by atomic mass is 32.2. The molecule has 1 aromatic heterocycles. The van der Waals surface area contributed by atoms with Crippen LogP contribution < -0.4 is 0 Å². The van der Waals surface area contributed by atoms with Gasteiger partial charge >= 0.3 is 0 Å². The lowest BCUT2D eigenvalue weighted by Gasteiger charge is -1.98. The maximum atomic E-state index is 12.7. The minimum atomic E-state index is -1.29. The first-order chi connectivity index (χ1) is 8.72. The van der Waals surface area contributed by atoms with Gasteiger partial charge < -0.3 is 4.52 Å². The highest BCUT2D eigenvalue weighted by molar-refractivity contribution is 7.84. The van der Waals surface area contributed by atoms with Crippen molar-refractivity contribution in [1.82, 2.24) is 10.1 Å². The number of nitrogens with zero attached hydrogens (tertiary/aromatic N) is 2. The predicted molar refractivity (Wildman–Crippen MR) is 62.8 cm³/mol. The molecule has 94 valence electrons. The van der Waals surface area contributed by atoms with Crippen molar-refractivity contribution < 1.29 is 13.1 Å². The van der Waals surface area contributed by atoms with Crippen LogP contribution in [-0.4, -0.2) is 14.3 Å². The van der Waals surface area contributed by atoms with Crippen molar-refractivity contribution in [2.45, 2.75) is 29.4 Å². The second-order valence-corrected chi connectivity index (χ2v) is 5.72. The molecule has 0 spiro atoms. The second-order valence-electron chi connectivity index (χ2n) is 4.26. The molecule has 1 unspecified atom stereocenters. The van der Waals surface area contributed by atoms with E-state index < -0.39 is 10.8 Å². The van der Waals surface area contributed by atoms with Gasteiger partial charge in [-0.3, -0.25) is 4.21 Å². The first-order valence-corrected chi connectivity index (χ1v) is 7.00. The maximum Gasteiger partial charge on any atom is 0.239 e. The minimum absolute atomic E-state index is 0.172. The molecule has 6 heteroatoms. The zero-order chi connectivity index (χ0) is 12.5. The Morgan fingerprint density at radius 3 is 2.72 bits per heavy atom. The number of benzene rings is 1. The number of hydrogen-bond donors (Lipinski definition) is 0. The summed E-state index contributed by atoms with van der Waals surface area (Å²) in [7, 11) is -1.29. The Morgan fingerprint density at radius 2 is 2.06 bits per heavy atom. The van der Waals surface area contributed by atoms with Gasteiger partial charge in [0.2, 0.25) is 5.89 Å². The van der Waals surface area contributed by atoms with E-state index in [4.69, 9.17) is 4.52 Å². The van der Waals surface area contributed by atoms with Gasteiger partial charge in [-0.25, -0.2) is 4.39 Å². The molecule has 1 aliphatic carbocycles. The summed E-state index contributed by atoms with van der Waals surface area (Å²) in [6.07, 6.45) is 2.19. The summed E-state index contributed by atoms with van der Waals surface area (Å²) < 4.78 is 29.8. The fraction of sp³-hybridized carbons (Fsp3) is 0.333. The lowest BCUT2D eigenvalue weighted by molar-refractivity contribution is 0.384. The quantitative estimate of drug-likeness (QED) is 0.852. The smallest absolute Gasteiger partial charge is 0.239 e. The molecule has 1 atom stereocenters. The van der Waals surface area contributed by atoms with Crippen molar-refractivity contribution in [3.63, 3.8) is 0 Å². The third-order valence-corrected chi connectivity index (χ3v) is 4.06. The summed E-state index contributed by atoms with van der Waals surface area (Å²) in [5, 5.41) is 3.86. The van der Waals surface area contributed by atoms with E-state index in [2.05, 4.69) is 10.1 Å². The van der Waals surface area contributed by atoms with Gasteiger partial charge in [0.1, 0.15) is 11.6 Å². The van der Waals surface area contributed by atoms with Gasteiger partial charge in [0.05, 0.1) is 10.8 Å². The summed E-state index contributed by atoms with van der Waals surface area (Å²) >= 11 is 0. The first kappa shape index (κ1) is 11.5. The van der Waals surface area contributed by atoms with Gasteiger partial charge in [-0.05, 0) is 37.1 Å². The number of hydrogen-bond acceptors (Lipinski definition) is 4. The summed E-state index contributed by atoms with van der Waals surface area (Å²) in [6, 6.07) is 5.58. The van der Waals surface area contributed by atoms with Crippen molar-refractivity contribution >= 4 is 10.8 Å². The zero-order valence-corrected chi connectivity index (χ0v) is 10.3. The maximum absolute atomic E-state index is 12.7. The van der Waals surface area contributed by atoms with Gasteiger partial charge in [0.15, 0.2) is 5.82 Å². The molecule has 1 fully saturated rings. The summed E-state index contributed by atoms with van der Waals surface area (Å²) in [5.41, 5.74) is 0. The average molecular weight is 266 g/mol. The molecule has 0 amide bonds. The Labute approximate surface area is 106 Å². The summed E-state index contributed by atoms with van der Waals surface area (Å²) in [4.78, 5) is 4.77. The minimum Gasteiger partial charge on any atom is -0.338 e. The first-order valence-electron chi connectivity index (χ1n) is 5.69. The van der Waals surface area contributed by atoms with Gasteiger partial charge in [-0.15, -0.1) is 0 Å². The Hall–Kier alpha value is -1.56. The second kappa shape index (κ2) is 4.61. The topological polar surface area (TPSA) is 56.0 Å². The van der Waals surface area contributed by atoms with Gasteiger partial charge in [-0.1, -0.05) is 5.16 Å². The summed E-state index contributed by atoms with van der Waals surface area (Å²) in [5.74, 6) is 1.33. The SMILES string of the molecule is O=S(Cc1nc(C2CC2)no1)c1ccc(F)cc1. The van der Waals surface area contributed by atoms with E-state index in [1.54, 1.807) is 0 Å². The molecule has 18 heavy (non-hydrogen) atoms. The molecule has 1 aliphatic rings. The Morgan fingerprint density at radius 1 is 1.33 bits per heavy atom. The van der Waals surface area contributed by atoms with Crippen LogP contribution in [0, 0.1) is 5.82 Å². The van der Waals surface area contributed by atoms with Crippen molar-refractivity contribution in [2.24, 2.45) is 0 Å². The molecular weight excluding hydrogens is 255 g/mol. The standard InChI is InChI=1S/C12H11FN2O2S/c13-9-3-5-10(6-4-9)18(16)7-11-14-12(15-17-11)8-1-2-8/h3-6,8H,1-2,7H2. The van der Waals surface area contributed by atoms with Crippen LogP contribution in [0.25, 0.3) is 0 Å². The number of rotatable bonds is 4. The van der Waals surface area contributed by atoms with Gasteiger partial charge in [0, 0.05) is 10.8 Å². The van der Waals surface area contributed by atoms with Crippen LogP contribution in [0.15, 0.2) is 33.7 Å². The van der Waals surface area contributed by atoms with Crippen LogP contribution in [-0.2, 0) is 16.6 Å². The lowest BCUT2D eigenvalue weighted by Crippen LogP contribution is -1.97. The predicted octanol–water partition coefficient (Wildman–Crippen LogP) is 2.39. The van der Waals surface area contributed by atoms with Gasteiger partial charge in [0.25, 0.3) is 0 Å². The molecule has 0 aliphatic heterocycles. The number of aromatic nitrogens is 2. The Balaban J connectivity index is 1.70. The fourth-order valence-corrected chi connectivity index (χ4v) is 2.56. The van der Waals surface area contributed by atoms with E-state index in [1.165, 1.54) is 24.3 Å². The Kier molecular flexibility index (Phi) is 2.95. The molecule has 0 radical (unpaired) electrons. The molecule has 4 nitrogen and oxygen atoms in total. The van der Waals surface area contributed by atoms with E-state index in [1.807, 2.05) is 0 Å². The molecule has 1 saturated carbocycles.